The first-order chi connectivity index (χ1) is 8.02. The quantitative estimate of drug-likeness (QED) is 0.499. The molecule has 3 nitrogen and oxygen atoms in total. The second-order valence-corrected chi connectivity index (χ2v) is 5.16. The fraction of sp³-hybridized carbons (Fsp3) is 0.929. The maximum atomic E-state index is 11.6. The lowest BCUT2D eigenvalue weighted by molar-refractivity contribution is -0.144. The summed E-state index contributed by atoms with van der Waals surface area (Å²) in [6, 6.07) is 0.194. The first-order valence-electron chi connectivity index (χ1n) is 6.86. The average Bonchev–Trinajstić information content (AvgIpc) is 2.30. The molecule has 0 aliphatic carbocycles. The Bertz CT molecular complexity index is 204. The Morgan fingerprint density at radius 2 is 1.82 bits per heavy atom. The third-order valence-corrected chi connectivity index (χ3v) is 3.08. The molecule has 0 bridgehead atoms. The summed E-state index contributed by atoms with van der Waals surface area (Å²) in [7, 11) is 1.45. The van der Waals surface area contributed by atoms with Crippen LogP contribution in [0, 0.1) is 5.92 Å². The van der Waals surface area contributed by atoms with Crippen LogP contribution in [0.15, 0.2) is 0 Å². The number of hydrogen-bond acceptors (Lipinski definition) is 3. The zero-order chi connectivity index (χ0) is 13.3. The van der Waals surface area contributed by atoms with Gasteiger partial charge in [0.2, 0.25) is 0 Å². The standard InChI is InChI=1S/C14H29NO2/c1-6-7-8-9-10-12(4)15-13(11(2)3)14(16)17-5/h11-13,15H,6-10H2,1-5H3. The largest absolute Gasteiger partial charge is 0.468 e. The minimum atomic E-state index is -0.179. The normalized spacial score (nSPS) is 14.7. The molecule has 3 heteroatoms. The molecule has 0 spiro atoms. The van der Waals surface area contributed by atoms with E-state index in [4.69, 9.17) is 4.74 Å². The summed E-state index contributed by atoms with van der Waals surface area (Å²) < 4.78 is 4.82. The second-order valence-electron chi connectivity index (χ2n) is 5.16. The van der Waals surface area contributed by atoms with Gasteiger partial charge in [-0.3, -0.25) is 4.79 Å². The Labute approximate surface area is 106 Å². The van der Waals surface area contributed by atoms with Gasteiger partial charge in [-0.2, -0.15) is 0 Å². The Morgan fingerprint density at radius 1 is 1.18 bits per heavy atom. The minimum Gasteiger partial charge on any atom is -0.468 e. The maximum absolute atomic E-state index is 11.6. The highest BCUT2D eigenvalue weighted by Gasteiger charge is 2.23. The molecule has 0 rings (SSSR count). The number of methoxy groups -OCH3 is 1. The number of hydrogen-bond donors (Lipinski definition) is 1. The van der Waals surface area contributed by atoms with Crippen molar-refractivity contribution in [1.29, 1.82) is 0 Å². The first kappa shape index (κ1) is 16.4. The molecule has 0 fully saturated rings. The summed E-state index contributed by atoms with van der Waals surface area (Å²) in [5, 5.41) is 3.37. The van der Waals surface area contributed by atoms with Crippen LogP contribution in [0.1, 0.15) is 59.8 Å². The van der Waals surface area contributed by atoms with Crippen LogP contribution < -0.4 is 5.32 Å². The monoisotopic (exact) mass is 243 g/mol. The molecule has 0 heterocycles. The van der Waals surface area contributed by atoms with Gasteiger partial charge in [0, 0.05) is 6.04 Å². The van der Waals surface area contributed by atoms with Crippen molar-refractivity contribution in [3.05, 3.63) is 0 Å². The molecule has 17 heavy (non-hydrogen) atoms. The second kappa shape index (κ2) is 9.46. The number of carbonyl (C=O) groups excluding carboxylic acids is 1. The predicted molar refractivity (Wildman–Crippen MR) is 72.0 cm³/mol. The number of nitrogens with one attached hydrogen (secondary N) is 1. The highest BCUT2D eigenvalue weighted by Crippen LogP contribution is 2.09. The van der Waals surface area contributed by atoms with Crippen LogP contribution >= 0.6 is 0 Å². The Kier molecular flexibility index (Phi) is 9.14. The molecule has 2 unspecified atom stereocenters. The maximum Gasteiger partial charge on any atom is 0.323 e. The molecule has 0 aliphatic heterocycles. The number of ether oxygens (including phenoxy) is 1. The van der Waals surface area contributed by atoms with E-state index in [0.29, 0.717) is 6.04 Å². The number of rotatable bonds is 9. The van der Waals surface area contributed by atoms with E-state index in [-0.39, 0.29) is 17.9 Å². The van der Waals surface area contributed by atoms with Crippen molar-refractivity contribution in [1.82, 2.24) is 5.32 Å². The lowest BCUT2D eigenvalue weighted by atomic mass is 10.0. The lowest BCUT2D eigenvalue weighted by Gasteiger charge is -2.24. The smallest absolute Gasteiger partial charge is 0.323 e. The molecule has 1 N–H and O–H groups in total. The van der Waals surface area contributed by atoms with Crippen LogP contribution in [0.2, 0.25) is 0 Å². The van der Waals surface area contributed by atoms with Crippen molar-refractivity contribution >= 4 is 5.97 Å². The fourth-order valence-electron chi connectivity index (χ4n) is 1.93. The van der Waals surface area contributed by atoms with Crippen molar-refractivity contribution in [2.24, 2.45) is 5.92 Å². The highest BCUT2D eigenvalue weighted by atomic mass is 16.5. The molecule has 0 saturated carbocycles. The van der Waals surface area contributed by atoms with Crippen LogP contribution in [-0.4, -0.2) is 25.2 Å². The molecule has 0 saturated heterocycles. The summed E-state index contributed by atoms with van der Waals surface area (Å²) in [5.74, 6) is 0.112. The Hall–Kier alpha value is -0.570. The van der Waals surface area contributed by atoms with Crippen LogP contribution in [0.5, 0.6) is 0 Å². The molecular weight excluding hydrogens is 214 g/mol. The topological polar surface area (TPSA) is 38.3 Å². The van der Waals surface area contributed by atoms with E-state index in [9.17, 15) is 4.79 Å². The van der Waals surface area contributed by atoms with Gasteiger partial charge in [0.1, 0.15) is 6.04 Å². The van der Waals surface area contributed by atoms with Gasteiger partial charge in [-0.1, -0.05) is 46.5 Å². The van der Waals surface area contributed by atoms with Crippen LogP contribution in [-0.2, 0) is 9.53 Å². The summed E-state index contributed by atoms with van der Waals surface area (Å²) in [6.07, 6.45) is 6.21. The molecule has 0 radical (unpaired) electrons. The van der Waals surface area contributed by atoms with E-state index in [1.807, 2.05) is 13.8 Å². The number of unbranched alkanes of at least 4 members (excludes halogenated alkanes) is 3. The molecule has 2 atom stereocenters. The van der Waals surface area contributed by atoms with Gasteiger partial charge in [0.05, 0.1) is 7.11 Å². The fourth-order valence-corrected chi connectivity index (χ4v) is 1.93. The van der Waals surface area contributed by atoms with E-state index in [1.54, 1.807) is 0 Å². The van der Waals surface area contributed by atoms with E-state index >= 15 is 0 Å². The van der Waals surface area contributed by atoms with Crippen molar-refractivity contribution in [3.8, 4) is 0 Å². The summed E-state index contributed by atoms with van der Waals surface area (Å²) >= 11 is 0. The molecule has 102 valence electrons. The molecule has 0 aromatic carbocycles. The first-order valence-corrected chi connectivity index (χ1v) is 6.86. The van der Waals surface area contributed by atoms with E-state index < -0.39 is 0 Å². The zero-order valence-corrected chi connectivity index (χ0v) is 12.1. The SMILES string of the molecule is CCCCCCC(C)NC(C(=O)OC)C(C)C. The van der Waals surface area contributed by atoms with Gasteiger partial charge in [0.15, 0.2) is 0 Å². The highest BCUT2D eigenvalue weighted by molar-refractivity contribution is 5.75. The third kappa shape index (κ3) is 7.37. The van der Waals surface area contributed by atoms with Crippen molar-refractivity contribution in [2.75, 3.05) is 7.11 Å². The van der Waals surface area contributed by atoms with Crippen molar-refractivity contribution in [2.45, 2.75) is 71.9 Å². The summed E-state index contributed by atoms with van der Waals surface area (Å²) in [5.41, 5.74) is 0. The van der Waals surface area contributed by atoms with E-state index in [2.05, 4.69) is 19.2 Å². The summed E-state index contributed by atoms with van der Waals surface area (Å²) in [4.78, 5) is 11.6. The van der Waals surface area contributed by atoms with Crippen molar-refractivity contribution < 1.29 is 9.53 Å². The van der Waals surface area contributed by atoms with Gasteiger partial charge in [-0.15, -0.1) is 0 Å². The number of esters is 1. The van der Waals surface area contributed by atoms with Gasteiger partial charge >= 0.3 is 5.97 Å². The lowest BCUT2D eigenvalue weighted by Crippen LogP contribution is -2.46. The average molecular weight is 243 g/mol. The predicted octanol–water partition coefficient (Wildman–Crippen LogP) is 3.13. The van der Waals surface area contributed by atoms with Gasteiger partial charge < -0.3 is 10.1 Å². The van der Waals surface area contributed by atoms with Crippen molar-refractivity contribution in [3.63, 3.8) is 0 Å². The van der Waals surface area contributed by atoms with Gasteiger partial charge in [-0.05, 0) is 19.3 Å². The van der Waals surface area contributed by atoms with Gasteiger partial charge in [0.25, 0.3) is 0 Å². The minimum absolute atomic E-state index is 0.152. The Balaban J connectivity index is 3.95. The van der Waals surface area contributed by atoms with Crippen LogP contribution in [0.4, 0.5) is 0 Å². The third-order valence-electron chi connectivity index (χ3n) is 3.08. The van der Waals surface area contributed by atoms with Gasteiger partial charge in [-0.25, -0.2) is 0 Å². The molecule has 0 aromatic heterocycles. The summed E-state index contributed by atoms with van der Waals surface area (Å²) in [6.45, 7) is 8.44. The van der Waals surface area contributed by atoms with Crippen LogP contribution in [0.3, 0.4) is 0 Å². The zero-order valence-electron chi connectivity index (χ0n) is 12.1. The van der Waals surface area contributed by atoms with E-state index in [0.717, 1.165) is 6.42 Å². The molecule has 0 aliphatic rings. The number of carbonyl (C=O) groups is 1. The molecule has 0 aromatic rings. The molecule has 0 amide bonds. The van der Waals surface area contributed by atoms with E-state index in [1.165, 1.54) is 32.8 Å². The van der Waals surface area contributed by atoms with Crippen LogP contribution in [0.25, 0.3) is 0 Å². The Morgan fingerprint density at radius 3 is 2.29 bits per heavy atom. The molecular formula is C14H29NO2.